The van der Waals surface area contributed by atoms with Gasteiger partial charge in [-0.3, -0.25) is 0 Å². The SMILES string of the molecule is C1=CC2CCC1c1c3[nH]c(c12)C(c1ccccc1)=c1[nH]c(c2c1C1C=CC2CC1)=C(c1ccccc1)c1[nH]c(c2c1C1C=CC2CC1)C(c1ccccc1)=c1[nH]c(c2c1C1C=CC2CC1)=C3c1ccccc1. The number of nitrogens with one attached hydrogen (secondary N) is 4. The van der Waals surface area contributed by atoms with Gasteiger partial charge in [-0.05, 0) is 118 Å². The number of H-pyrrole nitrogens is 4. The number of rotatable bonds is 4. The standard InChI is InChI=1S/C68H56N4/c1-5-13-37(14-6-1)57-61-49-41-21-25-43(26-22-41)51(49)63(69-61)58(38-15-7-2-8-16-38)65-53-45-29-33-47(34-30-45)55(53)67(71-65)60(40-19-11-4-12-20-40)68-56-48-35-31-46(32-36-48)54(56)66(72-68)59(39-17-9-3-10-18-39)64-52-44-27-23-42(24-28-44)50(52)62(57)70-64/h1-21,23,25,27,29,31,33,35,41-48,69-72H,22,24,26,28,30,32,34,36H2. The van der Waals surface area contributed by atoms with Crippen LogP contribution in [0.25, 0.3) is 22.3 Å². The Morgan fingerprint density at radius 1 is 0.222 bits per heavy atom. The first-order chi connectivity index (χ1) is 35.7. The molecule has 4 aromatic carbocycles. The molecule has 8 unspecified atom stereocenters. The summed E-state index contributed by atoms with van der Waals surface area (Å²) >= 11 is 0. The molecular weight excluding hydrogens is 873 g/mol. The van der Waals surface area contributed by atoms with Gasteiger partial charge in [-0.1, -0.05) is 170 Å². The quantitative estimate of drug-likeness (QED) is 0.127. The van der Waals surface area contributed by atoms with Gasteiger partial charge in [0, 0.05) is 69.6 Å². The molecule has 0 spiro atoms. The lowest BCUT2D eigenvalue weighted by atomic mass is 9.69. The van der Waals surface area contributed by atoms with Crippen molar-refractivity contribution in [2.24, 2.45) is 0 Å². The summed E-state index contributed by atoms with van der Waals surface area (Å²) in [5.74, 6) is 2.61. The number of aromatic nitrogens is 4. The van der Waals surface area contributed by atoms with E-state index in [9.17, 15) is 0 Å². The van der Waals surface area contributed by atoms with E-state index in [-0.39, 0.29) is 0 Å². The lowest BCUT2D eigenvalue weighted by molar-refractivity contribution is 0.551. The maximum atomic E-state index is 4.50. The third kappa shape index (κ3) is 5.43. The van der Waals surface area contributed by atoms with Gasteiger partial charge >= 0.3 is 0 Å². The monoisotopic (exact) mass is 928 g/mol. The van der Waals surface area contributed by atoms with Gasteiger partial charge in [-0.15, -0.1) is 0 Å². The van der Waals surface area contributed by atoms with Gasteiger partial charge < -0.3 is 19.9 Å². The van der Waals surface area contributed by atoms with Crippen LogP contribution < -0.4 is 21.4 Å². The first-order valence-corrected chi connectivity index (χ1v) is 27.2. The van der Waals surface area contributed by atoms with Gasteiger partial charge in [0.05, 0.1) is 44.2 Å². The molecule has 72 heavy (non-hydrogen) atoms. The van der Waals surface area contributed by atoms with Crippen LogP contribution in [-0.2, 0) is 0 Å². The highest BCUT2D eigenvalue weighted by Crippen LogP contribution is 2.54. The van der Waals surface area contributed by atoms with Crippen LogP contribution in [0.1, 0.15) is 188 Å². The number of aromatic amines is 4. The van der Waals surface area contributed by atoms with Crippen molar-refractivity contribution < 1.29 is 0 Å². The van der Waals surface area contributed by atoms with Crippen molar-refractivity contribution in [3.8, 4) is 0 Å². The van der Waals surface area contributed by atoms with Crippen molar-refractivity contribution >= 4 is 22.3 Å². The first-order valence-electron chi connectivity index (χ1n) is 27.2. The van der Waals surface area contributed by atoms with Crippen LogP contribution >= 0.6 is 0 Å². The molecule has 0 fully saturated rings. The Morgan fingerprint density at radius 3 is 0.611 bits per heavy atom. The normalized spacial score (nSPS) is 26.1. The Kier molecular flexibility index (Phi) is 8.35. The van der Waals surface area contributed by atoms with E-state index in [1.165, 1.54) is 133 Å². The van der Waals surface area contributed by atoms with Crippen LogP contribution in [0.5, 0.6) is 0 Å². The lowest BCUT2D eigenvalue weighted by Crippen LogP contribution is -2.26. The van der Waals surface area contributed by atoms with E-state index in [2.05, 4.69) is 190 Å². The fraction of sp³-hybridized carbons (Fsp3) is 0.235. The summed E-state index contributed by atoms with van der Waals surface area (Å²) < 4.78 is 0. The third-order valence-corrected chi connectivity index (χ3v) is 19.0. The molecule has 0 saturated heterocycles. The van der Waals surface area contributed by atoms with Crippen molar-refractivity contribution in [2.45, 2.75) is 98.7 Å². The van der Waals surface area contributed by atoms with E-state index in [1.807, 2.05) is 0 Å². The van der Waals surface area contributed by atoms with E-state index in [4.69, 9.17) is 0 Å². The molecule has 21 rings (SSSR count). The third-order valence-electron chi connectivity index (χ3n) is 19.0. The Balaban J connectivity index is 1.17. The van der Waals surface area contributed by atoms with Crippen LogP contribution in [0, 0.1) is 0 Å². The molecule has 8 atom stereocenters. The van der Waals surface area contributed by atoms with E-state index >= 15 is 0 Å². The predicted octanol–water partition coefficient (Wildman–Crippen LogP) is 12.4. The van der Waals surface area contributed by atoms with Crippen LogP contribution in [0.2, 0.25) is 0 Å². The molecule has 16 bridgehead atoms. The van der Waals surface area contributed by atoms with Crippen molar-refractivity contribution in [1.29, 1.82) is 0 Å². The van der Waals surface area contributed by atoms with E-state index in [0.29, 0.717) is 47.3 Å². The molecule has 4 heteroatoms. The van der Waals surface area contributed by atoms with Crippen LogP contribution in [0.3, 0.4) is 0 Å². The van der Waals surface area contributed by atoms with E-state index in [1.54, 1.807) is 0 Å². The molecule has 4 aromatic heterocycles. The van der Waals surface area contributed by atoms with Gasteiger partial charge in [0.2, 0.25) is 0 Å². The molecule has 13 aliphatic carbocycles. The lowest BCUT2D eigenvalue weighted by Gasteiger charge is -2.34. The van der Waals surface area contributed by atoms with Gasteiger partial charge in [-0.25, -0.2) is 0 Å². The molecule has 13 aliphatic rings. The number of allylic oxidation sites excluding steroid dienone is 8. The Bertz CT molecular complexity index is 3500. The zero-order chi connectivity index (χ0) is 46.8. The summed E-state index contributed by atoms with van der Waals surface area (Å²) in [4.78, 5) is 18.0. The van der Waals surface area contributed by atoms with Gasteiger partial charge in [0.15, 0.2) is 0 Å². The largest absolute Gasteiger partial charge is 0.354 e. The van der Waals surface area contributed by atoms with Gasteiger partial charge in [0.25, 0.3) is 0 Å². The van der Waals surface area contributed by atoms with Crippen LogP contribution in [0.4, 0.5) is 0 Å². The van der Waals surface area contributed by atoms with Gasteiger partial charge in [-0.2, -0.15) is 0 Å². The second kappa shape index (κ2) is 15.0. The van der Waals surface area contributed by atoms with Gasteiger partial charge in [0.1, 0.15) is 0 Å². The summed E-state index contributed by atoms with van der Waals surface area (Å²) in [7, 11) is 0. The zero-order valence-corrected chi connectivity index (χ0v) is 40.4. The molecule has 4 heterocycles. The number of fused-ring (bicyclic) bond motifs is 4. The Labute approximate surface area is 419 Å². The highest BCUT2D eigenvalue weighted by molar-refractivity contribution is 5.91. The number of benzene rings is 4. The average Bonchev–Trinajstić information content (AvgIpc) is 4.27. The fourth-order valence-corrected chi connectivity index (χ4v) is 16.1. The molecule has 4 nitrogen and oxygen atoms in total. The first kappa shape index (κ1) is 40.1. The minimum atomic E-state index is 0.327. The molecule has 0 amide bonds. The van der Waals surface area contributed by atoms with Crippen molar-refractivity contribution in [3.63, 3.8) is 0 Å². The summed E-state index contributed by atoms with van der Waals surface area (Å²) in [5, 5.41) is 5.14. The number of hydrogen-bond acceptors (Lipinski definition) is 0. The van der Waals surface area contributed by atoms with Crippen LogP contribution in [-0.4, -0.2) is 19.9 Å². The molecule has 0 radical (unpaired) electrons. The maximum absolute atomic E-state index is 4.50. The minimum absolute atomic E-state index is 0.327. The minimum Gasteiger partial charge on any atom is -0.354 e. The van der Waals surface area contributed by atoms with Crippen molar-refractivity contribution in [3.05, 3.63) is 281 Å². The Hall–Kier alpha value is -7.56. The maximum Gasteiger partial charge on any atom is 0.0527 e. The van der Waals surface area contributed by atoms with Crippen molar-refractivity contribution in [1.82, 2.24) is 19.9 Å². The molecule has 348 valence electrons. The predicted molar refractivity (Wildman–Crippen MR) is 289 cm³/mol. The molecule has 0 aliphatic heterocycles. The summed E-state index contributed by atoms with van der Waals surface area (Å²) in [5.41, 5.74) is 27.4. The summed E-state index contributed by atoms with van der Waals surface area (Å²) in [6, 6.07) is 45.7. The second-order valence-electron chi connectivity index (χ2n) is 22.5. The zero-order valence-electron chi connectivity index (χ0n) is 40.4. The number of hydrogen-bond donors (Lipinski definition) is 4. The summed E-state index contributed by atoms with van der Waals surface area (Å²) in [6.07, 6.45) is 29.8. The molecule has 8 aromatic rings. The highest BCUT2D eigenvalue weighted by atomic mass is 14.8. The molecular formula is C68H56N4. The molecule has 4 N–H and O–H groups in total. The summed E-state index contributed by atoms with van der Waals surface area (Å²) in [6.45, 7) is 0. The topological polar surface area (TPSA) is 63.2 Å². The second-order valence-corrected chi connectivity index (χ2v) is 22.5. The van der Waals surface area contributed by atoms with Crippen molar-refractivity contribution in [2.75, 3.05) is 0 Å². The van der Waals surface area contributed by atoms with E-state index in [0.717, 1.165) is 51.4 Å². The Morgan fingerprint density at radius 2 is 0.417 bits per heavy atom. The smallest absolute Gasteiger partial charge is 0.0527 e. The van der Waals surface area contributed by atoms with Crippen LogP contribution in [0.15, 0.2) is 170 Å². The van der Waals surface area contributed by atoms with E-state index < -0.39 is 0 Å². The highest BCUT2D eigenvalue weighted by Gasteiger charge is 2.43. The fourth-order valence-electron chi connectivity index (χ4n) is 16.1. The average molecular weight is 929 g/mol. The molecule has 0 saturated carbocycles.